The molecule has 1 N–H and O–H groups in total. The SMILES string of the molecule is Cc1ccc([N+](=O)[O-])c(NC(=O)CN2C(=O)C(=O)N(CC(C)C)C2=O)c1C. The summed E-state index contributed by atoms with van der Waals surface area (Å²) in [5.41, 5.74) is 0.911. The van der Waals surface area contributed by atoms with E-state index in [0.29, 0.717) is 10.5 Å². The molecule has 10 nitrogen and oxygen atoms in total. The van der Waals surface area contributed by atoms with E-state index in [1.807, 2.05) is 0 Å². The minimum absolute atomic E-state index is 0.00513. The topological polar surface area (TPSA) is 130 Å². The third kappa shape index (κ3) is 3.94. The molecule has 0 unspecified atom stereocenters. The smallest absolute Gasteiger partial charge is 0.319 e. The van der Waals surface area contributed by atoms with Crippen molar-refractivity contribution < 1.29 is 24.1 Å². The number of nitro benzene ring substituents is 1. The van der Waals surface area contributed by atoms with Gasteiger partial charge in [0, 0.05) is 12.6 Å². The van der Waals surface area contributed by atoms with Gasteiger partial charge in [0.2, 0.25) is 5.91 Å². The van der Waals surface area contributed by atoms with Crippen LogP contribution in [-0.4, -0.2) is 51.6 Å². The molecule has 0 bridgehead atoms. The number of nitro groups is 1. The van der Waals surface area contributed by atoms with Crippen molar-refractivity contribution >= 4 is 35.1 Å². The number of hydrogen-bond acceptors (Lipinski definition) is 6. The summed E-state index contributed by atoms with van der Waals surface area (Å²) >= 11 is 0. The van der Waals surface area contributed by atoms with Gasteiger partial charge < -0.3 is 5.32 Å². The number of rotatable bonds is 6. The van der Waals surface area contributed by atoms with Crippen LogP contribution in [0.5, 0.6) is 0 Å². The Morgan fingerprint density at radius 1 is 1.15 bits per heavy atom. The summed E-state index contributed by atoms with van der Waals surface area (Å²) in [5.74, 6) is -2.93. The first-order valence-electron chi connectivity index (χ1n) is 8.26. The van der Waals surface area contributed by atoms with Crippen LogP contribution in [0.2, 0.25) is 0 Å². The third-order valence-electron chi connectivity index (χ3n) is 4.16. The van der Waals surface area contributed by atoms with Gasteiger partial charge in [0.25, 0.3) is 5.69 Å². The first-order chi connectivity index (χ1) is 12.5. The summed E-state index contributed by atoms with van der Waals surface area (Å²) in [6, 6.07) is 1.95. The number of nitrogens with one attached hydrogen (secondary N) is 1. The molecule has 0 radical (unpaired) electrons. The maximum Gasteiger partial charge on any atom is 0.334 e. The van der Waals surface area contributed by atoms with Gasteiger partial charge >= 0.3 is 17.8 Å². The summed E-state index contributed by atoms with van der Waals surface area (Å²) in [4.78, 5) is 60.4. The summed E-state index contributed by atoms with van der Waals surface area (Å²) in [6.45, 7) is 6.25. The van der Waals surface area contributed by atoms with E-state index in [9.17, 15) is 29.3 Å². The highest BCUT2D eigenvalue weighted by atomic mass is 16.6. The molecule has 2 rings (SSSR count). The number of carbonyl (C=O) groups is 4. The van der Waals surface area contributed by atoms with E-state index in [2.05, 4.69) is 5.32 Å². The summed E-state index contributed by atoms with van der Waals surface area (Å²) in [5, 5.41) is 13.6. The molecule has 27 heavy (non-hydrogen) atoms. The molecule has 1 aliphatic heterocycles. The van der Waals surface area contributed by atoms with E-state index >= 15 is 0 Å². The molecule has 10 heteroatoms. The first-order valence-corrected chi connectivity index (χ1v) is 8.26. The van der Waals surface area contributed by atoms with Crippen LogP contribution in [0.25, 0.3) is 0 Å². The fourth-order valence-corrected chi connectivity index (χ4v) is 2.65. The highest BCUT2D eigenvalue weighted by molar-refractivity contribution is 6.45. The zero-order valence-corrected chi connectivity index (χ0v) is 15.4. The predicted molar refractivity (Wildman–Crippen MR) is 94.9 cm³/mol. The number of anilines is 1. The molecule has 1 fully saturated rings. The van der Waals surface area contributed by atoms with Crippen LogP contribution >= 0.6 is 0 Å². The maximum absolute atomic E-state index is 12.3. The summed E-state index contributed by atoms with van der Waals surface area (Å²) in [7, 11) is 0. The number of urea groups is 1. The van der Waals surface area contributed by atoms with Crippen molar-refractivity contribution in [1.82, 2.24) is 9.80 Å². The van der Waals surface area contributed by atoms with Crippen LogP contribution < -0.4 is 5.32 Å². The monoisotopic (exact) mass is 376 g/mol. The van der Waals surface area contributed by atoms with E-state index in [1.54, 1.807) is 33.8 Å². The minimum atomic E-state index is -1.09. The Bertz CT molecular complexity index is 848. The Morgan fingerprint density at radius 3 is 2.30 bits per heavy atom. The molecule has 1 saturated heterocycles. The Kier molecular flexibility index (Phi) is 5.58. The van der Waals surface area contributed by atoms with Gasteiger partial charge in [-0.3, -0.25) is 29.4 Å². The fourth-order valence-electron chi connectivity index (χ4n) is 2.65. The molecule has 1 heterocycles. The molecular weight excluding hydrogens is 356 g/mol. The lowest BCUT2D eigenvalue weighted by Gasteiger charge is -2.17. The fraction of sp³-hybridized carbons (Fsp3) is 0.412. The quantitative estimate of drug-likeness (QED) is 0.347. The van der Waals surface area contributed by atoms with E-state index in [0.717, 1.165) is 10.5 Å². The van der Waals surface area contributed by atoms with Crippen LogP contribution in [0, 0.1) is 29.9 Å². The van der Waals surface area contributed by atoms with E-state index in [4.69, 9.17) is 0 Å². The number of aryl methyl sites for hydroxylation is 1. The van der Waals surface area contributed by atoms with Crippen LogP contribution in [0.15, 0.2) is 12.1 Å². The predicted octanol–water partition coefficient (Wildman–Crippen LogP) is 1.60. The molecule has 1 aromatic rings. The second-order valence-corrected chi connectivity index (χ2v) is 6.69. The molecule has 1 aliphatic rings. The average Bonchev–Trinajstić information content (AvgIpc) is 2.76. The Hall–Kier alpha value is -3.30. The van der Waals surface area contributed by atoms with Crippen LogP contribution in [0.4, 0.5) is 16.2 Å². The standard InChI is InChI=1S/C17H20N4O6/c1-9(2)7-19-15(23)16(24)20(17(19)25)8-13(22)18-14-11(4)10(3)5-6-12(14)21(26)27/h5-6,9H,7-8H2,1-4H3,(H,18,22). The molecule has 0 saturated carbocycles. The lowest BCUT2D eigenvalue weighted by molar-refractivity contribution is -0.384. The number of carbonyl (C=O) groups excluding carboxylic acids is 4. The Labute approximate surface area is 155 Å². The van der Waals surface area contributed by atoms with Gasteiger partial charge in [-0.1, -0.05) is 19.9 Å². The summed E-state index contributed by atoms with van der Waals surface area (Å²) in [6.07, 6.45) is 0. The minimum Gasteiger partial charge on any atom is -0.319 e. The molecule has 1 aromatic carbocycles. The van der Waals surface area contributed by atoms with E-state index in [-0.39, 0.29) is 23.8 Å². The number of amides is 5. The number of imide groups is 2. The van der Waals surface area contributed by atoms with Gasteiger partial charge in [0.1, 0.15) is 12.2 Å². The zero-order chi connectivity index (χ0) is 20.5. The Morgan fingerprint density at radius 2 is 1.74 bits per heavy atom. The van der Waals surface area contributed by atoms with Crippen LogP contribution in [0.1, 0.15) is 25.0 Å². The molecule has 0 aromatic heterocycles. The average molecular weight is 376 g/mol. The molecular formula is C17H20N4O6. The van der Waals surface area contributed by atoms with Gasteiger partial charge in [-0.2, -0.15) is 0 Å². The lowest BCUT2D eigenvalue weighted by atomic mass is 10.1. The Balaban J connectivity index is 2.21. The molecule has 5 amide bonds. The van der Waals surface area contributed by atoms with Crippen molar-refractivity contribution in [3.05, 3.63) is 33.4 Å². The lowest BCUT2D eigenvalue weighted by Crippen LogP contribution is -2.39. The van der Waals surface area contributed by atoms with Gasteiger partial charge in [-0.25, -0.2) is 9.69 Å². The zero-order valence-electron chi connectivity index (χ0n) is 15.4. The van der Waals surface area contributed by atoms with Gasteiger partial charge in [0.05, 0.1) is 4.92 Å². The number of hydrogen-bond donors (Lipinski definition) is 1. The molecule has 144 valence electrons. The van der Waals surface area contributed by atoms with Crippen molar-refractivity contribution in [1.29, 1.82) is 0 Å². The molecule has 0 atom stereocenters. The van der Waals surface area contributed by atoms with Crippen molar-refractivity contribution in [3.8, 4) is 0 Å². The second-order valence-electron chi connectivity index (χ2n) is 6.69. The van der Waals surface area contributed by atoms with Gasteiger partial charge in [-0.05, 0) is 30.9 Å². The van der Waals surface area contributed by atoms with Crippen molar-refractivity contribution in [2.45, 2.75) is 27.7 Å². The van der Waals surface area contributed by atoms with Crippen molar-refractivity contribution in [2.75, 3.05) is 18.4 Å². The molecule has 0 spiro atoms. The van der Waals surface area contributed by atoms with E-state index < -0.39 is 35.2 Å². The third-order valence-corrected chi connectivity index (χ3v) is 4.16. The van der Waals surface area contributed by atoms with Gasteiger partial charge in [0.15, 0.2) is 0 Å². The molecule has 0 aliphatic carbocycles. The van der Waals surface area contributed by atoms with Crippen molar-refractivity contribution in [3.63, 3.8) is 0 Å². The highest BCUT2D eigenvalue weighted by Crippen LogP contribution is 2.30. The van der Waals surface area contributed by atoms with Crippen LogP contribution in [-0.2, 0) is 14.4 Å². The normalized spacial score (nSPS) is 14.3. The largest absolute Gasteiger partial charge is 0.334 e. The van der Waals surface area contributed by atoms with E-state index in [1.165, 1.54) is 6.07 Å². The second kappa shape index (κ2) is 7.52. The summed E-state index contributed by atoms with van der Waals surface area (Å²) < 4.78 is 0. The van der Waals surface area contributed by atoms with Gasteiger partial charge in [-0.15, -0.1) is 0 Å². The highest BCUT2D eigenvalue weighted by Gasteiger charge is 2.45. The number of nitrogens with zero attached hydrogens (tertiary/aromatic N) is 3. The number of benzene rings is 1. The first kappa shape index (κ1) is 20.0. The maximum atomic E-state index is 12.3. The van der Waals surface area contributed by atoms with Crippen LogP contribution in [0.3, 0.4) is 0 Å². The van der Waals surface area contributed by atoms with Crippen molar-refractivity contribution in [2.24, 2.45) is 5.92 Å².